The molecule has 34 rings (SSSR count). The van der Waals surface area contributed by atoms with Crippen molar-refractivity contribution in [3.05, 3.63) is 400 Å². The SMILES string of the molecule is c1ccc(N2c3cccc4c3B3c5c(cc(-c6cc7c8c(c6)Oc6cc(-n9c%10ccccc%10c%10ccccc%109)cc9c6B8c6c(cccc6N9c6ccccc6)O7)cc5Oc5cc(-n6c7ccccc7c7ccccc76)cc2c53)O4)cc1.c1ccc(N2c3cccc4c3B3c5c(cccc5Sc5cc(-c6cc7c8c(c6)N(c6ccccc6)c6cccc9c6B8c6c(cccc6S7)S9)cc2c53)S4)cc1. The number of para-hydroxylation sites is 8. The summed E-state index contributed by atoms with van der Waals surface area (Å²) in [6, 6.07) is 147. The number of hydrogen-bond acceptors (Lipinski definition) is 12. The Kier molecular flexibility index (Phi) is 15.2. The zero-order chi connectivity index (χ0) is 89.3. The molecule has 10 nitrogen and oxygen atoms in total. The fourth-order valence-electron chi connectivity index (χ4n) is 25.1. The lowest BCUT2D eigenvalue weighted by Crippen LogP contribution is -2.62. The summed E-state index contributed by atoms with van der Waals surface area (Å²) in [7, 11) is 0. The molecule has 14 heterocycles. The summed E-state index contributed by atoms with van der Waals surface area (Å²) in [6.45, 7) is 0.123. The number of anilines is 12. The zero-order valence-corrected chi connectivity index (χ0v) is 76.6. The molecule has 0 atom stereocenters. The monoisotopic (exact) mass is 1830 g/mol. The molecule has 12 aliphatic heterocycles. The summed E-state index contributed by atoms with van der Waals surface area (Å²) in [4.78, 5) is 20.8. The Labute approximate surface area is 811 Å². The van der Waals surface area contributed by atoms with Gasteiger partial charge in [0.05, 0.1) is 33.4 Å². The highest BCUT2D eigenvalue weighted by Crippen LogP contribution is 2.57. The fraction of sp³-hybridized carbons (Fsp3) is 0. The van der Waals surface area contributed by atoms with Crippen LogP contribution < -0.4 is 104 Å². The second-order valence-corrected chi connectivity index (χ2v) is 41.7. The molecule has 0 saturated heterocycles. The molecular weight excluding hydrogens is 1760 g/mol. The molecule has 20 aromatic carbocycles. The van der Waals surface area contributed by atoms with Gasteiger partial charge in [0.25, 0.3) is 26.9 Å². The lowest BCUT2D eigenvalue weighted by Gasteiger charge is -2.44. The van der Waals surface area contributed by atoms with Crippen LogP contribution >= 0.6 is 47.0 Å². The Morgan fingerprint density at radius 2 is 0.406 bits per heavy atom. The topological polar surface area (TPSA) is 59.7 Å². The van der Waals surface area contributed by atoms with Crippen molar-refractivity contribution < 1.29 is 18.9 Å². The van der Waals surface area contributed by atoms with E-state index in [9.17, 15) is 0 Å². The summed E-state index contributed by atoms with van der Waals surface area (Å²) in [6.07, 6.45) is 0. The Morgan fingerprint density at radius 1 is 0.159 bits per heavy atom. The third kappa shape index (κ3) is 10.2. The van der Waals surface area contributed by atoms with Crippen LogP contribution in [-0.2, 0) is 0 Å². The number of ether oxygens (including phenoxy) is 4. The second kappa shape index (κ2) is 27.9. The first kappa shape index (κ1) is 75.4. The van der Waals surface area contributed by atoms with Crippen LogP contribution in [0, 0.1) is 0 Å². The predicted molar refractivity (Wildman–Crippen MR) is 572 cm³/mol. The number of aromatic nitrogens is 2. The first-order valence-corrected chi connectivity index (χ1v) is 50.4. The molecule has 0 saturated carbocycles. The van der Waals surface area contributed by atoms with E-state index >= 15 is 0 Å². The molecule has 636 valence electrons. The molecule has 0 fully saturated rings. The third-order valence-electron chi connectivity index (χ3n) is 30.4. The Balaban J connectivity index is 0.000000132. The van der Waals surface area contributed by atoms with E-state index in [2.05, 4.69) is 429 Å². The highest BCUT2D eigenvalue weighted by molar-refractivity contribution is 8.02. The molecule has 0 aliphatic carbocycles. The average Bonchev–Trinajstić information content (AvgIpc) is 0.848. The third-order valence-corrected chi connectivity index (χ3v) is 35.0. The number of rotatable bonds is 8. The van der Waals surface area contributed by atoms with Gasteiger partial charge in [-0.05, 0) is 283 Å². The van der Waals surface area contributed by atoms with E-state index in [4.69, 9.17) is 18.9 Å². The van der Waals surface area contributed by atoms with Crippen LogP contribution in [0.4, 0.5) is 68.2 Å². The van der Waals surface area contributed by atoms with Gasteiger partial charge in [0.1, 0.15) is 46.0 Å². The predicted octanol–water partition coefficient (Wildman–Crippen LogP) is 24.4. The van der Waals surface area contributed by atoms with Crippen LogP contribution in [0.5, 0.6) is 46.0 Å². The molecule has 22 aromatic rings. The maximum Gasteiger partial charge on any atom is 0.266 e. The van der Waals surface area contributed by atoms with E-state index in [0.29, 0.717) is 0 Å². The van der Waals surface area contributed by atoms with Crippen LogP contribution in [0.15, 0.2) is 440 Å². The van der Waals surface area contributed by atoms with Crippen molar-refractivity contribution in [2.24, 2.45) is 0 Å². The van der Waals surface area contributed by atoms with Crippen molar-refractivity contribution >= 4 is 251 Å². The van der Waals surface area contributed by atoms with Crippen molar-refractivity contribution in [1.82, 2.24) is 9.13 Å². The molecular formula is C120H66B4N6O4S4. The number of hydrogen-bond donors (Lipinski definition) is 0. The van der Waals surface area contributed by atoms with E-state index in [1.54, 1.807) is 0 Å². The number of fused-ring (bicyclic) bond motifs is 6. The van der Waals surface area contributed by atoms with E-state index in [0.717, 1.165) is 157 Å². The van der Waals surface area contributed by atoms with E-state index in [1.807, 2.05) is 47.0 Å². The maximum atomic E-state index is 7.44. The molecule has 12 aliphatic rings. The minimum Gasteiger partial charge on any atom is -0.458 e. The van der Waals surface area contributed by atoms with Crippen molar-refractivity contribution in [3.8, 4) is 79.6 Å². The molecule has 0 amide bonds. The van der Waals surface area contributed by atoms with Crippen molar-refractivity contribution in [1.29, 1.82) is 0 Å². The molecule has 138 heavy (non-hydrogen) atoms. The molecule has 0 radical (unpaired) electrons. The lowest BCUT2D eigenvalue weighted by atomic mass is 9.33. The first-order chi connectivity index (χ1) is 68.4. The molecule has 2 aromatic heterocycles. The minimum absolute atomic E-state index is 0.150. The molecule has 0 unspecified atom stereocenters. The summed E-state index contributed by atoms with van der Waals surface area (Å²) >= 11 is 7.77. The van der Waals surface area contributed by atoms with Crippen LogP contribution in [-0.4, -0.2) is 36.0 Å². The van der Waals surface area contributed by atoms with Crippen LogP contribution in [0.3, 0.4) is 0 Å². The normalized spacial score (nSPS) is 14.4. The van der Waals surface area contributed by atoms with Gasteiger partial charge < -0.3 is 47.7 Å². The molecule has 0 spiro atoms. The molecule has 0 bridgehead atoms. The highest BCUT2D eigenvalue weighted by Gasteiger charge is 2.54. The first-order valence-electron chi connectivity index (χ1n) is 47.1. The minimum atomic E-state index is -0.150. The maximum absolute atomic E-state index is 7.44. The summed E-state index contributed by atoms with van der Waals surface area (Å²) in [5, 5.41) is 4.82. The number of benzene rings is 20. The van der Waals surface area contributed by atoms with Gasteiger partial charge >= 0.3 is 0 Å². The second-order valence-electron chi connectivity index (χ2n) is 37.4. The van der Waals surface area contributed by atoms with Gasteiger partial charge in [-0.3, -0.25) is 0 Å². The fourth-order valence-corrected chi connectivity index (χ4v) is 30.1. The zero-order valence-electron chi connectivity index (χ0n) is 73.4. The standard InChI is InChI=1S/C72H40B2N4O4.C48H26B2N2S4/c1-3-17-43(18-4-1)75-55-29-15-31-59-67(55)73-69-57(75)37-45(77-51-25-11-7-21-47(51)48-22-8-12-26-52(48)77)39-65(69)81-63-35-41(33-61(79-59)71(63)73)42-34-62-72-64(36-42)82-66-40-46(78-53-27-13-9-23-49(53)50-24-10-14-28-54(50)78)38-58-70(66)74(72)68-56(30-16-32-60(68)80-62)76(58)44-19-5-2-6-20-44;1-3-11-29(12-4-1)51-31-15-7-17-35-43(31)49-45-33(51)23-27(25-41(45)55-39-21-9-19-37(53-35)47(39)49)28-24-34-46-42(26-28)56-40-22-10-20-38-48(40)50(46)44-32(16-8-18-36(44)54-38)52(34)30-13-5-2-6-14-30/h1-40H;1-26H. The van der Waals surface area contributed by atoms with Gasteiger partial charge in [-0.2, -0.15) is 0 Å². The molecule has 18 heteroatoms. The smallest absolute Gasteiger partial charge is 0.266 e. The van der Waals surface area contributed by atoms with Crippen molar-refractivity contribution in [2.45, 2.75) is 39.2 Å². The quantitative estimate of drug-likeness (QED) is 0.136. The summed E-state index contributed by atoms with van der Waals surface area (Å²) < 4.78 is 34.0. The Morgan fingerprint density at radius 3 is 0.754 bits per heavy atom. The van der Waals surface area contributed by atoms with Crippen LogP contribution in [0.2, 0.25) is 0 Å². The average molecular weight is 1830 g/mol. The van der Waals surface area contributed by atoms with Crippen LogP contribution in [0.25, 0.3) is 77.2 Å². The summed E-state index contributed by atoms with van der Waals surface area (Å²) in [5.41, 5.74) is 40.1. The van der Waals surface area contributed by atoms with Crippen molar-refractivity contribution in [2.75, 3.05) is 19.6 Å². The van der Waals surface area contributed by atoms with Gasteiger partial charge in [-0.15, -0.1) is 0 Å². The largest absolute Gasteiger partial charge is 0.458 e. The van der Waals surface area contributed by atoms with Crippen LogP contribution in [0.1, 0.15) is 0 Å². The van der Waals surface area contributed by atoms with Gasteiger partial charge in [0.15, 0.2) is 0 Å². The van der Waals surface area contributed by atoms with Gasteiger partial charge in [-0.1, -0.05) is 229 Å². The van der Waals surface area contributed by atoms with Gasteiger partial charge in [0, 0.05) is 152 Å². The van der Waals surface area contributed by atoms with Crippen molar-refractivity contribution in [3.63, 3.8) is 0 Å². The van der Waals surface area contributed by atoms with E-state index in [-0.39, 0.29) is 26.9 Å². The number of nitrogens with zero attached hydrogens (tertiary/aromatic N) is 6. The molecule has 0 N–H and O–H groups in total. The van der Waals surface area contributed by atoms with Gasteiger partial charge in [0.2, 0.25) is 0 Å². The van der Waals surface area contributed by atoms with E-state index in [1.165, 1.54) is 139 Å². The van der Waals surface area contributed by atoms with E-state index < -0.39 is 0 Å². The Hall–Kier alpha value is -15.9. The summed E-state index contributed by atoms with van der Waals surface area (Å²) in [5.74, 6) is 6.32. The van der Waals surface area contributed by atoms with Gasteiger partial charge in [-0.25, -0.2) is 0 Å². The lowest BCUT2D eigenvalue weighted by molar-refractivity contribution is 0.462. The highest BCUT2D eigenvalue weighted by atomic mass is 32.2. The Bertz CT molecular complexity index is 8710.